The molecule has 2 nitrogen and oxygen atoms in total. The van der Waals surface area contributed by atoms with E-state index < -0.39 is 0 Å². The van der Waals surface area contributed by atoms with Crippen LogP contribution in [-0.4, -0.2) is 12.5 Å². The summed E-state index contributed by atoms with van der Waals surface area (Å²) < 4.78 is 0. The van der Waals surface area contributed by atoms with Gasteiger partial charge in [-0.2, -0.15) is 0 Å². The maximum Gasteiger partial charge on any atom is 0.227 e. The van der Waals surface area contributed by atoms with E-state index in [1.165, 1.54) is 48.8 Å². The van der Waals surface area contributed by atoms with Gasteiger partial charge in [-0.3, -0.25) is 4.79 Å². The zero-order chi connectivity index (χ0) is 21.8. The van der Waals surface area contributed by atoms with Crippen LogP contribution in [0.15, 0.2) is 48.5 Å². The second-order valence-corrected chi connectivity index (χ2v) is 8.60. The van der Waals surface area contributed by atoms with Gasteiger partial charge in [0.2, 0.25) is 5.91 Å². The Morgan fingerprint density at radius 1 is 0.900 bits per heavy atom. The van der Waals surface area contributed by atoms with Crippen LogP contribution in [-0.2, 0) is 17.6 Å². The van der Waals surface area contributed by atoms with Crippen LogP contribution >= 0.6 is 0 Å². The summed E-state index contributed by atoms with van der Waals surface area (Å²) in [5, 5.41) is 0. The van der Waals surface area contributed by atoms with E-state index in [-0.39, 0.29) is 0 Å². The predicted molar refractivity (Wildman–Crippen MR) is 130 cm³/mol. The molecule has 0 saturated carbocycles. The van der Waals surface area contributed by atoms with Crippen molar-refractivity contribution in [2.24, 2.45) is 5.92 Å². The lowest BCUT2D eigenvalue weighted by Gasteiger charge is -2.30. The van der Waals surface area contributed by atoms with Crippen molar-refractivity contribution in [1.82, 2.24) is 0 Å². The lowest BCUT2D eigenvalue weighted by molar-refractivity contribution is -0.118. The molecule has 1 aliphatic rings. The summed E-state index contributed by atoms with van der Waals surface area (Å²) >= 11 is 0. The standard InChI is InChI=1S/C19H29NO.C9H12/c1-3-8-16(9-4-2)10-7-15-20-18-12-6-5-11-17(18)13-14-19(20)21;1-3-9-6-4-5-8(2)7-9/h5-6,11-12,16H,3-4,7-10,13-15H2,1-2H3;4-7H,3H2,1-2H3. The number of anilines is 1. The Balaban J connectivity index is 0.000000297. The maximum atomic E-state index is 12.2. The fourth-order valence-electron chi connectivity index (χ4n) is 4.46. The fraction of sp³-hybridized carbons (Fsp3) is 0.536. The highest BCUT2D eigenvalue weighted by atomic mass is 16.2. The largest absolute Gasteiger partial charge is 0.312 e. The summed E-state index contributed by atoms with van der Waals surface area (Å²) in [5.74, 6) is 1.14. The number of hydrogen-bond acceptors (Lipinski definition) is 1. The molecular weight excluding hydrogens is 366 g/mol. The highest BCUT2D eigenvalue weighted by Crippen LogP contribution is 2.28. The van der Waals surface area contributed by atoms with E-state index in [1.54, 1.807) is 0 Å². The van der Waals surface area contributed by atoms with E-state index in [0.29, 0.717) is 12.3 Å². The van der Waals surface area contributed by atoms with Crippen LogP contribution < -0.4 is 4.90 Å². The number of amides is 1. The van der Waals surface area contributed by atoms with Gasteiger partial charge in [-0.05, 0) is 55.7 Å². The molecule has 0 radical (unpaired) electrons. The lowest BCUT2D eigenvalue weighted by Crippen LogP contribution is -2.36. The summed E-state index contributed by atoms with van der Waals surface area (Å²) in [4.78, 5) is 14.2. The van der Waals surface area contributed by atoms with Gasteiger partial charge in [0.1, 0.15) is 0 Å². The Bertz CT molecular complexity index is 761. The quantitative estimate of drug-likeness (QED) is 0.421. The zero-order valence-electron chi connectivity index (χ0n) is 19.6. The number of hydrogen-bond donors (Lipinski definition) is 0. The first-order valence-electron chi connectivity index (χ1n) is 12.0. The van der Waals surface area contributed by atoms with Gasteiger partial charge in [0.05, 0.1) is 0 Å². The molecule has 30 heavy (non-hydrogen) atoms. The molecule has 0 saturated heterocycles. The first-order chi connectivity index (χ1) is 14.6. The molecule has 0 aliphatic carbocycles. The molecular formula is C28H41NO. The molecule has 0 atom stereocenters. The number of carbonyl (C=O) groups is 1. The van der Waals surface area contributed by atoms with E-state index in [2.05, 4.69) is 70.2 Å². The monoisotopic (exact) mass is 407 g/mol. The van der Waals surface area contributed by atoms with Gasteiger partial charge < -0.3 is 4.90 Å². The van der Waals surface area contributed by atoms with E-state index in [1.807, 2.05) is 11.0 Å². The van der Waals surface area contributed by atoms with Crippen LogP contribution in [0.25, 0.3) is 0 Å². The van der Waals surface area contributed by atoms with Crippen molar-refractivity contribution < 1.29 is 4.79 Å². The van der Waals surface area contributed by atoms with Crippen molar-refractivity contribution in [1.29, 1.82) is 0 Å². The van der Waals surface area contributed by atoms with Gasteiger partial charge in [-0.25, -0.2) is 0 Å². The molecule has 0 N–H and O–H groups in total. The lowest BCUT2D eigenvalue weighted by atomic mass is 9.93. The minimum absolute atomic E-state index is 0.302. The third-order valence-corrected chi connectivity index (χ3v) is 6.07. The predicted octanol–water partition coefficient (Wildman–Crippen LogP) is 7.52. The second kappa shape index (κ2) is 13.3. The average Bonchev–Trinajstić information content (AvgIpc) is 2.76. The van der Waals surface area contributed by atoms with E-state index in [4.69, 9.17) is 0 Å². The average molecular weight is 408 g/mol. The van der Waals surface area contributed by atoms with Gasteiger partial charge in [-0.15, -0.1) is 0 Å². The topological polar surface area (TPSA) is 20.3 Å². The molecule has 2 heteroatoms. The molecule has 0 spiro atoms. The number of rotatable bonds is 9. The highest BCUT2D eigenvalue weighted by Gasteiger charge is 2.23. The first kappa shape index (κ1) is 24.2. The molecule has 164 valence electrons. The molecule has 2 aromatic carbocycles. The molecule has 3 rings (SSSR count). The SMILES string of the molecule is CCCC(CCC)CCCN1C(=O)CCc2ccccc21.CCc1cccc(C)c1. The maximum absolute atomic E-state index is 12.2. The van der Waals surface area contributed by atoms with Gasteiger partial charge in [0.25, 0.3) is 0 Å². The molecule has 1 aliphatic heterocycles. The van der Waals surface area contributed by atoms with Crippen molar-refractivity contribution >= 4 is 11.6 Å². The van der Waals surface area contributed by atoms with E-state index in [9.17, 15) is 4.79 Å². The summed E-state index contributed by atoms with van der Waals surface area (Å²) in [6.07, 6.45) is 10.3. The Hall–Kier alpha value is -2.09. The van der Waals surface area contributed by atoms with Gasteiger partial charge in [-0.1, -0.05) is 94.5 Å². The minimum Gasteiger partial charge on any atom is -0.312 e. The van der Waals surface area contributed by atoms with Crippen molar-refractivity contribution in [2.45, 2.75) is 85.5 Å². The van der Waals surface area contributed by atoms with Crippen LogP contribution in [0.1, 0.15) is 82.4 Å². The molecule has 0 bridgehead atoms. The molecule has 0 fully saturated rings. The summed E-state index contributed by atoms with van der Waals surface area (Å²) in [6.45, 7) is 9.73. The Morgan fingerprint density at radius 2 is 1.63 bits per heavy atom. The highest BCUT2D eigenvalue weighted by molar-refractivity contribution is 5.96. The molecule has 1 amide bonds. The van der Waals surface area contributed by atoms with E-state index in [0.717, 1.165) is 37.4 Å². The first-order valence-corrected chi connectivity index (χ1v) is 12.0. The van der Waals surface area contributed by atoms with Crippen LogP contribution in [0, 0.1) is 12.8 Å². The number of carbonyl (C=O) groups excluding carboxylic acids is 1. The molecule has 2 aromatic rings. The van der Waals surface area contributed by atoms with Crippen molar-refractivity contribution in [2.75, 3.05) is 11.4 Å². The third-order valence-electron chi connectivity index (χ3n) is 6.07. The zero-order valence-corrected chi connectivity index (χ0v) is 19.6. The van der Waals surface area contributed by atoms with Gasteiger partial charge in [0, 0.05) is 18.7 Å². The van der Waals surface area contributed by atoms with Crippen LogP contribution in [0.3, 0.4) is 0 Å². The normalized spacial score (nSPS) is 13.1. The Morgan fingerprint density at radius 3 is 2.27 bits per heavy atom. The smallest absolute Gasteiger partial charge is 0.227 e. The summed E-state index contributed by atoms with van der Waals surface area (Å²) in [7, 11) is 0. The van der Waals surface area contributed by atoms with Crippen molar-refractivity contribution in [3.05, 3.63) is 65.2 Å². The van der Waals surface area contributed by atoms with Crippen LogP contribution in [0.2, 0.25) is 0 Å². The van der Waals surface area contributed by atoms with Crippen molar-refractivity contribution in [3.63, 3.8) is 0 Å². The van der Waals surface area contributed by atoms with Crippen LogP contribution in [0.5, 0.6) is 0 Å². The Labute approximate surface area is 184 Å². The molecule has 1 heterocycles. The fourth-order valence-corrected chi connectivity index (χ4v) is 4.46. The van der Waals surface area contributed by atoms with E-state index >= 15 is 0 Å². The Kier molecular flexibility index (Phi) is 10.7. The number of nitrogens with zero attached hydrogens (tertiary/aromatic N) is 1. The second-order valence-electron chi connectivity index (χ2n) is 8.60. The molecule has 0 unspecified atom stereocenters. The summed E-state index contributed by atoms with van der Waals surface area (Å²) in [6, 6.07) is 17.0. The van der Waals surface area contributed by atoms with Gasteiger partial charge in [0.15, 0.2) is 0 Å². The number of fused-ring (bicyclic) bond motifs is 1. The number of aryl methyl sites for hydroxylation is 3. The number of para-hydroxylation sites is 1. The van der Waals surface area contributed by atoms with Crippen molar-refractivity contribution in [3.8, 4) is 0 Å². The number of benzene rings is 2. The molecule has 0 aromatic heterocycles. The third kappa shape index (κ3) is 7.63. The minimum atomic E-state index is 0.302. The summed E-state index contributed by atoms with van der Waals surface area (Å²) in [5.41, 5.74) is 5.26. The van der Waals surface area contributed by atoms with Gasteiger partial charge >= 0.3 is 0 Å². The van der Waals surface area contributed by atoms with Crippen LogP contribution in [0.4, 0.5) is 5.69 Å².